The minimum Gasteiger partial charge on any atom is -0.350 e. The molecule has 3 aromatic rings. The number of rotatable bonds is 4. The van der Waals surface area contributed by atoms with Gasteiger partial charge in [0, 0.05) is 35.6 Å². The molecule has 0 spiro atoms. The normalized spacial score (nSPS) is 11.3. The number of pyridine rings is 1. The van der Waals surface area contributed by atoms with Crippen LogP contribution in [-0.4, -0.2) is 20.5 Å². The average molecular weight is 355 g/mol. The molecule has 0 saturated heterocycles. The zero-order valence-electron chi connectivity index (χ0n) is 14.7. The molecule has 7 heteroatoms. The van der Waals surface area contributed by atoms with Crippen molar-refractivity contribution in [2.24, 2.45) is 0 Å². The summed E-state index contributed by atoms with van der Waals surface area (Å²) in [6.07, 6.45) is 3.34. The summed E-state index contributed by atoms with van der Waals surface area (Å²) in [6.45, 7) is 5.94. The van der Waals surface area contributed by atoms with Gasteiger partial charge in [-0.2, -0.15) is 4.98 Å². The molecule has 3 rings (SSSR count). The number of benzene rings is 1. The van der Waals surface area contributed by atoms with Crippen molar-refractivity contribution in [1.82, 2.24) is 15.0 Å². The first-order chi connectivity index (χ1) is 12.3. The maximum Gasteiger partial charge on any atom is 0.225 e. The summed E-state index contributed by atoms with van der Waals surface area (Å²) in [5.41, 5.74) is 1.13. The Kier molecular flexibility index (Phi) is 4.79. The summed E-state index contributed by atoms with van der Waals surface area (Å²) >= 11 is 0. The van der Waals surface area contributed by atoms with Crippen molar-refractivity contribution in [3.63, 3.8) is 0 Å². The fourth-order valence-corrected chi connectivity index (χ4v) is 2.30. The molecule has 1 aromatic carbocycles. The lowest BCUT2D eigenvalue weighted by Gasteiger charge is -2.21. The van der Waals surface area contributed by atoms with Gasteiger partial charge in [0.1, 0.15) is 17.5 Å². The van der Waals surface area contributed by atoms with Crippen LogP contribution >= 0.6 is 0 Å². The van der Waals surface area contributed by atoms with E-state index in [-0.39, 0.29) is 11.2 Å². The molecule has 2 heterocycles. The van der Waals surface area contributed by atoms with Crippen LogP contribution in [0.25, 0.3) is 11.3 Å². The maximum absolute atomic E-state index is 14.0. The number of anilines is 3. The van der Waals surface area contributed by atoms with Gasteiger partial charge in [0.25, 0.3) is 0 Å². The summed E-state index contributed by atoms with van der Waals surface area (Å²) in [5.74, 6) is -0.394. The van der Waals surface area contributed by atoms with E-state index in [1.54, 1.807) is 24.5 Å². The molecule has 0 radical (unpaired) electrons. The number of aromatic nitrogens is 3. The third-order valence-corrected chi connectivity index (χ3v) is 3.36. The third-order valence-electron chi connectivity index (χ3n) is 3.36. The molecule has 0 aliphatic heterocycles. The predicted octanol–water partition coefficient (Wildman–Crippen LogP) is 4.77. The molecular weight excluding hydrogens is 336 g/mol. The highest BCUT2D eigenvalue weighted by Crippen LogP contribution is 2.25. The smallest absolute Gasteiger partial charge is 0.225 e. The molecule has 0 bridgehead atoms. The summed E-state index contributed by atoms with van der Waals surface area (Å²) in [5, 5.41) is 6.02. The summed E-state index contributed by atoms with van der Waals surface area (Å²) in [6, 6.07) is 8.53. The van der Waals surface area contributed by atoms with Crippen molar-refractivity contribution >= 4 is 17.5 Å². The molecule has 26 heavy (non-hydrogen) atoms. The van der Waals surface area contributed by atoms with Crippen LogP contribution in [0.15, 0.2) is 48.8 Å². The van der Waals surface area contributed by atoms with E-state index in [0.29, 0.717) is 17.5 Å². The topological polar surface area (TPSA) is 62.7 Å². The molecule has 0 aliphatic rings. The SMILES string of the molecule is CC(C)(C)Nc1nc(Nc2cc(F)ccc2F)cc(-c2cccnc2)n1. The number of hydrogen-bond donors (Lipinski definition) is 2. The first-order valence-electron chi connectivity index (χ1n) is 8.10. The molecule has 2 aromatic heterocycles. The first kappa shape index (κ1) is 17.7. The van der Waals surface area contributed by atoms with Gasteiger partial charge in [0.05, 0.1) is 11.4 Å². The predicted molar refractivity (Wildman–Crippen MR) is 98.3 cm³/mol. The van der Waals surface area contributed by atoms with Crippen molar-refractivity contribution in [2.45, 2.75) is 26.3 Å². The van der Waals surface area contributed by atoms with Crippen molar-refractivity contribution < 1.29 is 8.78 Å². The van der Waals surface area contributed by atoms with E-state index in [2.05, 4.69) is 25.6 Å². The van der Waals surface area contributed by atoms with E-state index in [4.69, 9.17) is 0 Å². The summed E-state index contributed by atoms with van der Waals surface area (Å²) in [7, 11) is 0. The van der Waals surface area contributed by atoms with Gasteiger partial charge in [0.2, 0.25) is 5.95 Å². The average Bonchev–Trinajstić information content (AvgIpc) is 2.57. The Labute approximate surface area is 150 Å². The minimum atomic E-state index is -0.571. The highest BCUT2D eigenvalue weighted by atomic mass is 19.1. The van der Waals surface area contributed by atoms with E-state index in [0.717, 1.165) is 23.8 Å². The highest BCUT2D eigenvalue weighted by Gasteiger charge is 2.15. The van der Waals surface area contributed by atoms with Crippen molar-refractivity contribution in [2.75, 3.05) is 10.6 Å². The van der Waals surface area contributed by atoms with Crippen molar-refractivity contribution in [3.8, 4) is 11.3 Å². The van der Waals surface area contributed by atoms with Crippen LogP contribution < -0.4 is 10.6 Å². The molecule has 0 saturated carbocycles. The van der Waals surface area contributed by atoms with Crippen LogP contribution in [0.5, 0.6) is 0 Å². The molecule has 0 amide bonds. The molecule has 0 fully saturated rings. The van der Waals surface area contributed by atoms with Gasteiger partial charge >= 0.3 is 0 Å². The van der Waals surface area contributed by atoms with Crippen LogP contribution in [0.2, 0.25) is 0 Å². The van der Waals surface area contributed by atoms with E-state index in [1.807, 2.05) is 26.8 Å². The number of nitrogens with one attached hydrogen (secondary N) is 2. The van der Waals surface area contributed by atoms with E-state index >= 15 is 0 Å². The van der Waals surface area contributed by atoms with E-state index in [1.165, 1.54) is 0 Å². The molecule has 5 nitrogen and oxygen atoms in total. The van der Waals surface area contributed by atoms with Gasteiger partial charge in [-0.05, 0) is 45.0 Å². The van der Waals surface area contributed by atoms with Crippen LogP contribution in [0.4, 0.5) is 26.2 Å². The zero-order chi connectivity index (χ0) is 18.7. The van der Waals surface area contributed by atoms with Gasteiger partial charge < -0.3 is 10.6 Å². The van der Waals surface area contributed by atoms with Crippen molar-refractivity contribution in [3.05, 3.63) is 60.4 Å². The molecule has 0 atom stereocenters. The van der Waals surface area contributed by atoms with Crippen LogP contribution in [0.3, 0.4) is 0 Å². The lowest BCUT2D eigenvalue weighted by atomic mass is 10.1. The molecule has 0 aliphatic carbocycles. The molecular formula is C19H19F2N5. The summed E-state index contributed by atoms with van der Waals surface area (Å²) in [4.78, 5) is 13.0. The Bertz CT molecular complexity index is 908. The maximum atomic E-state index is 14.0. The fraction of sp³-hybridized carbons (Fsp3) is 0.211. The van der Waals surface area contributed by atoms with E-state index < -0.39 is 11.6 Å². The highest BCUT2D eigenvalue weighted by molar-refractivity contribution is 5.67. The number of hydrogen-bond acceptors (Lipinski definition) is 5. The van der Waals surface area contributed by atoms with Crippen molar-refractivity contribution in [1.29, 1.82) is 0 Å². The lowest BCUT2D eigenvalue weighted by molar-refractivity contribution is 0.603. The Hall–Kier alpha value is -3.09. The largest absolute Gasteiger partial charge is 0.350 e. The minimum absolute atomic E-state index is 0.00236. The molecule has 134 valence electrons. The van der Waals surface area contributed by atoms with Gasteiger partial charge in [0.15, 0.2) is 0 Å². The van der Waals surface area contributed by atoms with Crippen LogP contribution in [0, 0.1) is 11.6 Å². The van der Waals surface area contributed by atoms with Gasteiger partial charge in [-0.1, -0.05) is 0 Å². The Morgan fingerprint density at radius 2 is 1.81 bits per heavy atom. The number of halogens is 2. The second-order valence-electron chi connectivity index (χ2n) is 6.83. The Balaban J connectivity index is 2.03. The standard InChI is InChI=1S/C19H19F2N5/c1-19(2,3)26-18-24-15(12-5-4-8-22-11-12)10-17(25-18)23-16-9-13(20)6-7-14(16)21/h4-11H,1-3H3,(H2,23,24,25,26). The van der Waals surface area contributed by atoms with Gasteiger partial charge in [-0.3, -0.25) is 4.98 Å². The number of nitrogens with zero attached hydrogens (tertiary/aromatic N) is 3. The Morgan fingerprint density at radius 3 is 2.50 bits per heavy atom. The second-order valence-corrected chi connectivity index (χ2v) is 6.83. The van der Waals surface area contributed by atoms with Crippen LogP contribution in [-0.2, 0) is 0 Å². The Morgan fingerprint density at radius 1 is 1.00 bits per heavy atom. The fourth-order valence-electron chi connectivity index (χ4n) is 2.30. The molecule has 0 unspecified atom stereocenters. The summed E-state index contributed by atoms with van der Waals surface area (Å²) < 4.78 is 27.4. The first-order valence-corrected chi connectivity index (χ1v) is 8.10. The van der Waals surface area contributed by atoms with Gasteiger partial charge in [-0.25, -0.2) is 13.8 Å². The second kappa shape index (κ2) is 7.03. The molecule has 2 N–H and O–H groups in total. The quantitative estimate of drug-likeness (QED) is 0.706. The third kappa shape index (κ3) is 4.50. The van der Waals surface area contributed by atoms with Crippen LogP contribution in [0.1, 0.15) is 20.8 Å². The lowest BCUT2D eigenvalue weighted by Crippen LogP contribution is -2.27. The van der Waals surface area contributed by atoms with Gasteiger partial charge in [-0.15, -0.1) is 0 Å². The monoisotopic (exact) mass is 355 g/mol. The zero-order valence-corrected chi connectivity index (χ0v) is 14.7. The van der Waals surface area contributed by atoms with E-state index in [9.17, 15) is 8.78 Å².